The fourth-order valence-corrected chi connectivity index (χ4v) is 1.98. The minimum absolute atomic E-state index is 0.0174. The van der Waals surface area contributed by atoms with Gasteiger partial charge in [-0.25, -0.2) is 8.42 Å². The molecule has 0 heterocycles. The van der Waals surface area contributed by atoms with Gasteiger partial charge in [0.1, 0.15) is 5.25 Å². The molecule has 0 saturated heterocycles. The van der Waals surface area contributed by atoms with Crippen molar-refractivity contribution >= 4 is 21.4 Å². The van der Waals surface area contributed by atoms with Crippen molar-refractivity contribution < 1.29 is 18.3 Å². The molecule has 0 radical (unpaired) electrons. The number of anilines is 1. The molecule has 0 aliphatic rings. The molecule has 1 aromatic rings. The normalized spacial score (nSPS) is 12.2. The van der Waals surface area contributed by atoms with E-state index in [4.69, 9.17) is 5.11 Å². The molecular weight excluding hydrogens is 290 g/mol. The van der Waals surface area contributed by atoms with Crippen LogP contribution in [0.4, 0.5) is 5.69 Å². The minimum atomic E-state index is -3.41. The van der Waals surface area contributed by atoms with E-state index in [2.05, 4.69) is 17.2 Å². The number of aliphatic hydroxyl groups is 1. The van der Waals surface area contributed by atoms with Crippen LogP contribution in [0.2, 0.25) is 0 Å². The maximum atomic E-state index is 11.8. The van der Waals surface area contributed by atoms with Gasteiger partial charge in [-0.15, -0.1) is 0 Å². The van der Waals surface area contributed by atoms with Crippen LogP contribution in [-0.4, -0.2) is 37.5 Å². The molecule has 5 nitrogen and oxygen atoms in total. The monoisotopic (exact) mass is 309 g/mol. The molecule has 0 bridgehead atoms. The summed E-state index contributed by atoms with van der Waals surface area (Å²) in [5.41, 5.74) is 2.20. The van der Waals surface area contributed by atoms with Gasteiger partial charge in [-0.05, 0) is 37.6 Å². The number of aryl methyl sites for hydroxylation is 1. The number of aliphatic hydroxyl groups excluding tert-OH is 1. The molecule has 21 heavy (non-hydrogen) atoms. The molecule has 1 aromatic carbocycles. The van der Waals surface area contributed by atoms with Gasteiger partial charge in [0.2, 0.25) is 5.91 Å². The topological polar surface area (TPSA) is 83.5 Å². The van der Waals surface area contributed by atoms with Gasteiger partial charge < -0.3 is 10.4 Å². The predicted molar refractivity (Wildman–Crippen MR) is 82.7 cm³/mol. The average molecular weight is 309 g/mol. The Labute approximate surface area is 125 Å². The van der Waals surface area contributed by atoms with Crippen molar-refractivity contribution in [2.75, 3.05) is 18.2 Å². The van der Waals surface area contributed by atoms with Gasteiger partial charge in [0.25, 0.3) is 0 Å². The summed E-state index contributed by atoms with van der Waals surface area (Å²) in [5.74, 6) is 5.19. The third-order valence-electron chi connectivity index (χ3n) is 2.97. The van der Waals surface area contributed by atoms with Crippen LogP contribution >= 0.6 is 0 Å². The van der Waals surface area contributed by atoms with Crippen LogP contribution in [0.15, 0.2) is 18.2 Å². The van der Waals surface area contributed by atoms with Crippen LogP contribution in [-0.2, 0) is 14.6 Å². The number of hydrogen-bond donors (Lipinski definition) is 2. The van der Waals surface area contributed by atoms with Gasteiger partial charge in [0.15, 0.2) is 9.84 Å². The predicted octanol–water partition coefficient (Wildman–Crippen LogP) is 1.10. The Kier molecular flexibility index (Phi) is 5.94. The Morgan fingerprint density at radius 2 is 2.10 bits per heavy atom. The van der Waals surface area contributed by atoms with E-state index in [-0.39, 0.29) is 6.61 Å². The van der Waals surface area contributed by atoms with E-state index in [1.165, 1.54) is 6.92 Å². The van der Waals surface area contributed by atoms with Crippen molar-refractivity contribution in [3.8, 4) is 11.8 Å². The Hall–Kier alpha value is -1.84. The lowest BCUT2D eigenvalue weighted by atomic mass is 10.1. The molecule has 6 heteroatoms. The average Bonchev–Trinajstić information content (AvgIpc) is 2.39. The maximum absolute atomic E-state index is 11.8. The van der Waals surface area contributed by atoms with Gasteiger partial charge in [-0.2, -0.15) is 0 Å². The number of benzene rings is 1. The SMILES string of the molecule is Cc1cc(NC(=O)C(C)S(C)(=O)=O)ccc1C#CCCO. The number of carbonyl (C=O) groups excluding carboxylic acids is 1. The fourth-order valence-electron chi connectivity index (χ4n) is 1.53. The summed E-state index contributed by atoms with van der Waals surface area (Å²) in [7, 11) is -3.41. The van der Waals surface area contributed by atoms with Gasteiger partial charge in [-0.1, -0.05) is 11.8 Å². The van der Waals surface area contributed by atoms with Gasteiger partial charge in [0.05, 0.1) is 6.61 Å². The molecule has 0 fully saturated rings. The standard InChI is InChI=1S/C15H19NO4S/c1-11-10-14(8-7-13(11)6-4-5-9-17)16-15(18)12(2)21(3,19)20/h7-8,10,12,17H,5,9H2,1-3H3,(H,16,18). The molecule has 0 aliphatic heterocycles. The number of rotatable bonds is 4. The van der Waals surface area contributed by atoms with Gasteiger partial charge >= 0.3 is 0 Å². The highest BCUT2D eigenvalue weighted by Gasteiger charge is 2.23. The fraction of sp³-hybridized carbons (Fsp3) is 0.400. The van der Waals surface area contributed by atoms with Crippen LogP contribution in [0.5, 0.6) is 0 Å². The number of amides is 1. The first-order valence-electron chi connectivity index (χ1n) is 6.46. The van der Waals surface area contributed by atoms with Gasteiger partial charge in [0, 0.05) is 23.9 Å². The second kappa shape index (κ2) is 7.25. The number of carbonyl (C=O) groups is 1. The molecule has 0 aromatic heterocycles. The first kappa shape index (κ1) is 17.2. The Bertz CT molecular complexity index is 683. The zero-order valence-corrected chi connectivity index (χ0v) is 13.1. The zero-order chi connectivity index (χ0) is 16.0. The summed E-state index contributed by atoms with van der Waals surface area (Å²) in [5, 5.41) is 10.2. The van der Waals surface area contributed by atoms with E-state index < -0.39 is 21.0 Å². The summed E-state index contributed by atoms with van der Waals surface area (Å²) >= 11 is 0. The van der Waals surface area contributed by atoms with Crippen LogP contribution in [0, 0.1) is 18.8 Å². The van der Waals surface area contributed by atoms with Crippen molar-refractivity contribution in [1.29, 1.82) is 0 Å². The number of hydrogen-bond acceptors (Lipinski definition) is 4. The van der Waals surface area contributed by atoms with Crippen molar-refractivity contribution in [2.45, 2.75) is 25.5 Å². The second-order valence-electron chi connectivity index (χ2n) is 4.77. The lowest BCUT2D eigenvalue weighted by Gasteiger charge is -2.11. The van der Waals surface area contributed by atoms with E-state index in [9.17, 15) is 13.2 Å². The summed E-state index contributed by atoms with van der Waals surface area (Å²) in [4.78, 5) is 11.8. The summed E-state index contributed by atoms with van der Waals surface area (Å²) in [6, 6.07) is 5.15. The third kappa shape index (κ3) is 5.21. The quantitative estimate of drug-likeness (QED) is 0.816. The van der Waals surface area contributed by atoms with Gasteiger partial charge in [-0.3, -0.25) is 4.79 Å². The van der Waals surface area contributed by atoms with Crippen LogP contribution in [0.1, 0.15) is 24.5 Å². The molecule has 1 rings (SSSR count). The highest BCUT2D eigenvalue weighted by Crippen LogP contribution is 2.15. The van der Waals surface area contributed by atoms with E-state index in [1.54, 1.807) is 18.2 Å². The summed E-state index contributed by atoms with van der Waals surface area (Å²) < 4.78 is 22.7. The van der Waals surface area contributed by atoms with Crippen LogP contribution < -0.4 is 5.32 Å². The second-order valence-corrected chi connectivity index (χ2v) is 7.13. The van der Waals surface area contributed by atoms with E-state index >= 15 is 0 Å². The van der Waals surface area contributed by atoms with E-state index in [0.717, 1.165) is 17.4 Å². The van der Waals surface area contributed by atoms with Crippen molar-refractivity contribution in [2.24, 2.45) is 0 Å². The Morgan fingerprint density at radius 1 is 1.43 bits per heavy atom. The van der Waals surface area contributed by atoms with E-state index in [0.29, 0.717) is 12.1 Å². The number of nitrogens with one attached hydrogen (secondary N) is 1. The number of sulfone groups is 1. The molecule has 2 N–H and O–H groups in total. The zero-order valence-electron chi connectivity index (χ0n) is 12.3. The van der Waals surface area contributed by atoms with E-state index in [1.807, 2.05) is 6.92 Å². The molecule has 1 unspecified atom stereocenters. The molecule has 1 amide bonds. The molecule has 0 saturated carbocycles. The summed E-state index contributed by atoms with van der Waals surface area (Å²) in [6.07, 6.45) is 1.44. The molecule has 114 valence electrons. The Balaban J connectivity index is 2.86. The molecule has 0 aliphatic carbocycles. The maximum Gasteiger partial charge on any atom is 0.242 e. The first-order chi connectivity index (χ1) is 9.75. The highest BCUT2D eigenvalue weighted by atomic mass is 32.2. The largest absolute Gasteiger partial charge is 0.395 e. The highest BCUT2D eigenvalue weighted by molar-refractivity contribution is 7.92. The van der Waals surface area contributed by atoms with Crippen molar-refractivity contribution in [1.82, 2.24) is 0 Å². The lowest BCUT2D eigenvalue weighted by Crippen LogP contribution is -2.31. The lowest BCUT2D eigenvalue weighted by molar-refractivity contribution is -0.115. The molecular formula is C15H19NO4S. The first-order valence-corrected chi connectivity index (χ1v) is 8.41. The smallest absolute Gasteiger partial charge is 0.242 e. The molecule has 0 spiro atoms. The van der Waals surface area contributed by atoms with Crippen LogP contribution in [0.3, 0.4) is 0 Å². The molecule has 1 atom stereocenters. The van der Waals surface area contributed by atoms with Crippen LogP contribution in [0.25, 0.3) is 0 Å². The third-order valence-corrected chi connectivity index (χ3v) is 4.46. The van der Waals surface area contributed by atoms with Crippen molar-refractivity contribution in [3.63, 3.8) is 0 Å². The Morgan fingerprint density at radius 3 is 2.62 bits per heavy atom. The van der Waals surface area contributed by atoms with Crippen molar-refractivity contribution in [3.05, 3.63) is 29.3 Å². The minimum Gasteiger partial charge on any atom is -0.395 e. The summed E-state index contributed by atoms with van der Waals surface area (Å²) in [6.45, 7) is 3.22.